The van der Waals surface area contributed by atoms with Gasteiger partial charge < -0.3 is 10.4 Å². The molecule has 444 valence electrons. The van der Waals surface area contributed by atoms with Crippen LogP contribution in [0.2, 0.25) is 0 Å². The maximum atomic E-state index is 10.5. The monoisotopic (exact) mass is 1040 g/mol. The highest BCUT2D eigenvalue weighted by Gasteiger charge is 2.01. The summed E-state index contributed by atoms with van der Waals surface area (Å²) in [6.45, 7) is 3.25. The molecule has 0 saturated heterocycles. The third-order valence-electron chi connectivity index (χ3n) is 17.2. The number of carboxylic acids is 1. The van der Waals surface area contributed by atoms with Crippen LogP contribution in [0, 0.1) is 0 Å². The van der Waals surface area contributed by atoms with E-state index in [1.165, 1.54) is 424 Å². The van der Waals surface area contributed by atoms with Crippen molar-refractivity contribution in [3.05, 3.63) is 0 Å². The van der Waals surface area contributed by atoms with Gasteiger partial charge in [-0.15, -0.1) is 0 Å². The summed E-state index contributed by atoms with van der Waals surface area (Å²) < 4.78 is 0. The van der Waals surface area contributed by atoms with Crippen LogP contribution >= 0.6 is 0 Å². The van der Waals surface area contributed by atoms with Crippen molar-refractivity contribution in [3.8, 4) is 0 Å². The molecular formula is C71H143NO2. The first-order valence-corrected chi connectivity index (χ1v) is 35.7. The molecule has 2 N–H and O–H groups in total. The van der Waals surface area contributed by atoms with Gasteiger partial charge in [-0.25, -0.2) is 0 Å². The molecule has 74 heavy (non-hydrogen) atoms. The van der Waals surface area contributed by atoms with E-state index in [2.05, 4.69) is 12.2 Å². The molecule has 0 bridgehead atoms. The van der Waals surface area contributed by atoms with Crippen molar-refractivity contribution in [2.24, 2.45) is 0 Å². The van der Waals surface area contributed by atoms with Crippen molar-refractivity contribution in [1.82, 2.24) is 5.32 Å². The van der Waals surface area contributed by atoms with Crippen LogP contribution in [0.1, 0.15) is 437 Å². The van der Waals surface area contributed by atoms with Crippen molar-refractivity contribution in [1.29, 1.82) is 0 Å². The molecule has 3 nitrogen and oxygen atoms in total. The van der Waals surface area contributed by atoms with Gasteiger partial charge in [-0.2, -0.15) is 0 Å². The first-order valence-electron chi connectivity index (χ1n) is 35.7. The number of carboxylic acid groups (broad SMARTS) is 1. The summed E-state index contributed by atoms with van der Waals surface area (Å²) in [6.07, 6.45) is 98.1. The zero-order valence-electron chi connectivity index (χ0n) is 51.6. The lowest BCUT2D eigenvalue weighted by Crippen LogP contribution is -2.23. The topological polar surface area (TPSA) is 49.3 Å². The predicted molar refractivity (Wildman–Crippen MR) is 336 cm³/mol. The number of unbranched alkanes of at least 4 members (excludes halogenated alkanes) is 66. The summed E-state index contributed by atoms with van der Waals surface area (Å²) in [6, 6.07) is 0. The molecule has 0 unspecified atom stereocenters. The van der Waals surface area contributed by atoms with Crippen molar-refractivity contribution in [3.63, 3.8) is 0 Å². The van der Waals surface area contributed by atoms with Crippen molar-refractivity contribution in [2.45, 2.75) is 437 Å². The summed E-state index contributed by atoms with van der Waals surface area (Å²) in [5, 5.41) is 11.6. The van der Waals surface area contributed by atoms with Gasteiger partial charge in [0.25, 0.3) is 0 Å². The number of aliphatic carboxylic acids is 1. The third kappa shape index (κ3) is 71.4. The quantitative estimate of drug-likeness (QED) is 0.0597. The molecule has 0 aromatic rings. The van der Waals surface area contributed by atoms with Gasteiger partial charge >= 0.3 is 5.97 Å². The molecule has 0 heterocycles. The molecule has 3 heteroatoms. The van der Waals surface area contributed by atoms with Crippen molar-refractivity contribution in [2.75, 3.05) is 13.1 Å². The Morgan fingerprint density at radius 2 is 0.311 bits per heavy atom. The maximum Gasteiger partial charge on any atom is 0.317 e. The molecule has 0 amide bonds. The van der Waals surface area contributed by atoms with E-state index in [-0.39, 0.29) is 6.54 Å². The fourth-order valence-electron chi connectivity index (χ4n) is 12.0. The average molecular weight is 1040 g/mol. The molecule has 0 fully saturated rings. The lowest BCUT2D eigenvalue weighted by atomic mass is 10.0. The first kappa shape index (κ1) is 73.4. The fourth-order valence-corrected chi connectivity index (χ4v) is 12.0. The van der Waals surface area contributed by atoms with Gasteiger partial charge in [-0.3, -0.25) is 4.79 Å². The summed E-state index contributed by atoms with van der Waals surface area (Å²) in [4.78, 5) is 10.5. The van der Waals surface area contributed by atoms with Crippen LogP contribution in [0.3, 0.4) is 0 Å². The summed E-state index contributed by atoms with van der Waals surface area (Å²) in [5.41, 5.74) is 0. The normalized spacial score (nSPS) is 11.7. The SMILES string of the molecule is CCCCCCCCCCCCCCCCCCCCCCCCCCCCCCCCCCCCCCCCCCCCCCCCCCCCCCCCCCCCCCCCCCCCCNCC(=O)O. The van der Waals surface area contributed by atoms with Crippen LogP contribution in [0.4, 0.5) is 0 Å². The van der Waals surface area contributed by atoms with Crippen LogP contribution in [0.25, 0.3) is 0 Å². The van der Waals surface area contributed by atoms with Crippen molar-refractivity contribution < 1.29 is 9.90 Å². The van der Waals surface area contributed by atoms with E-state index in [1.807, 2.05) is 0 Å². The highest BCUT2D eigenvalue weighted by Crippen LogP contribution is 2.20. The van der Waals surface area contributed by atoms with Gasteiger partial charge in [-0.1, -0.05) is 431 Å². The minimum Gasteiger partial charge on any atom is -0.480 e. The largest absolute Gasteiger partial charge is 0.480 e. The first-order chi connectivity index (χ1) is 36.8. The number of rotatable bonds is 70. The minimum atomic E-state index is -0.756. The van der Waals surface area contributed by atoms with E-state index in [0.29, 0.717) is 0 Å². The van der Waals surface area contributed by atoms with Crippen LogP contribution in [-0.2, 0) is 4.79 Å². The number of nitrogens with one attached hydrogen (secondary N) is 1. The van der Waals surface area contributed by atoms with Gasteiger partial charge in [0.2, 0.25) is 0 Å². The second-order valence-electron chi connectivity index (χ2n) is 24.9. The Bertz CT molecular complexity index is 967. The Morgan fingerprint density at radius 1 is 0.203 bits per heavy atom. The fraction of sp³-hybridized carbons (Fsp3) is 0.986. The van der Waals surface area contributed by atoms with Gasteiger partial charge in [0.1, 0.15) is 0 Å². The van der Waals surface area contributed by atoms with Gasteiger partial charge in [0, 0.05) is 0 Å². The predicted octanol–water partition coefficient (Wildman–Crippen LogP) is 25.8. The second-order valence-corrected chi connectivity index (χ2v) is 24.9. The van der Waals surface area contributed by atoms with E-state index in [9.17, 15) is 4.79 Å². The molecule has 0 radical (unpaired) electrons. The van der Waals surface area contributed by atoms with Crippen molar-refractivity contribution >= 4 is 5.97 Å². The number of hydrogen-bond acceptors (Lipinski definition) is 2. The van der Waals surface area contributed by atoms with Gasteiger partial charge in [0.05, 0.1) is 6.54 Å². The maximum absolute atomic E-state index is 10.5. The van der Waals surface area contributed by atoms with E-state index < -0.39 is 5.97 Å². The van der Waals surface area contributed by atoms with Crippen LogP contribution in [0.15, 0.2) is 0 Å². The van der Waals surface area contributed by atoms with Crippen LogP contribution < -0.4 is 5.32 Å². The zero-order chi connectivity index (χ0) is 53.1. The Balaban J connectivity index is 3.08. The molecule has 0 atom stereocenters. The lowest BCUT2D eigenvalue weighted by Gasteiger charge is -2.05. The Kier molecular flexibility index (Phi) is 69.9. The molecule has 0 spiro atoms. The van der Waals surface area contributed by atoms with E-state index in [0.717, 1.165) is 13.0 Å². The van der Waals surface area contributed by atoms with E-state index in [4.69, 9.17) is 5.11 Å². The standard InChI is InChI=1S/C71H143NO2/c1-2-3-4-5-6-7-8-9-10-11-12-13-14-15-16-17-18-19-20-21-22-23-24-25-26-27-28-29-30-31-32-33-34-35-36-37-38-39-40-41-42-43-44-45-46-47-48-49-50-51-52-53-54-55-56-57-58-59-60-61-62-63-64-65-66-67-68-69-72-70-71(73)74/h72H,2-70H2,1H3,(H,73,74). The Labute approximate surface area is 469 Å². The average Bonchev–Trinajstić information content (AvgIpc) is 3.40. The minimum absolute atomic E-state index is 0.0971. The van der Waals surface area contributed by atoms with Gasteiger partial charge in [0.15, 0.2) is 0 Å². The van der Waals surface area contributed by atoms with Crippen LogP contribution in [0.5, 0.6) is 0 Å². The molecule has 0 rings (SSSR count). The Hall–Kier alpha value is -0.570. The molecular weight excluding hydrogens is 899 g/mol. The molecule has 0 aromatic carbocycles. The van der Waals surface area contributed by atoms with E-state index >= 15 is 0 Å². The Morgan fingerprint density at radius 3 is 0.419 bits per heavy atom. The summed E-state index contributed by atoms with van der Waals surface area (Å²) >= 11 is 0. The third-order valence-corrected chi connectivity index (χ3v) is 17.2. The molecule has 0 aliphatic heterocycles. The van der Waals surface area contributed by atoms with Crippen LogP contribution in [-0.4, -0.2) is 24.2 Å². The molecule has 0 aliphatic rings. The highest BCUT2D eigenvalue weighted by atomic mass is 16.4. The zero-order valence-corrected chi connectivity index (χ0v) is 51.6. The van der Waals surface area contributed by atoms with Gasteiger partial charge in [-0.05, 0) is 13.0 Å². The number of hydrogen-bond donors (Lipinski definition) is 2. The molecule has 0 aliphatic carbocycles. The smallest absolute Gasteiger partial charge is 0.317 e. The summed E-state index contributed by atoms with van der Waals surface area (Å²) in [5.74, 6) is -0.756. The molecule has 0 aromatic heterocycles. The second kappa shape index (κ2) is 70.4. The lowest BCUT2D eigenvalue weighted by molar-refractivity contribution is -0.135. The number of carbonyl (C=O) groups is 1. The van der Waals surface area contributed by atoms with E-state index in [1.54, 1.807) is 0 Å². The highest BCUT2D eigenvalue weighted by molar-refractivity contribution is 5.68. The molecule has 0 saturated carbocycles. The summed E-state index contributed by atoms with van der Waals surface area (Å²) in [7, 11) is 0.